The van der Waals surface area contributed by atoms with Crippen LogP contribution in [0.25, 0.3) is 0 Å². The van der Waals surface area contributed by atoms with E-state index in [1.54, 1.807) is 0 Å². The Labute approximate surface area is 170 Å². The van der Waals surface area contributed by atoms with Crippen molar-refractivity contribution in [2.24, 2.45) is 0 Å². The standard InChI is InChI=1S/C9H18O8P2.2Na.2H/c10-8(18(12,13)14)6-4-2-1-3-5-7-9(11)19(15,16)17;;;;/h1-7H2,(H2,12,13,14)(H2,15,16,17);;;;/q;2*+1;2*-1. The van der Waals surface area contributed by atoms with E-state index in [2.05, 4.69) is 0 Å². The Morgan fingerprint density at radius 2 is 0.905 bits per heavy atom. The smallest absolute Gasteiger partial charge is 1.00 e. The first-order chi connectivity index (χ1) is 8.55. The van der Waals surface area contributed by atoms with Crippen molar-refractivity contribution in [1.82, 2.24) is 0 Å². The van der Waals surface area contributed by atoms with Crippen LogP contribution in [0.5, 0.6) is 0 Å². The second-order valence-electron chi connectivity index (χ2n) is 4.14. The average Bonchev–Trinajstić information content (AvgIpc) is 2.24. The van der Waals surface area contributed by atoms with E-state index in [1.165, 1.54) is 0 Å². The van der Waals surface area contributed by atoms with E-state index in [4.69, 9.17) is 19.6 Å². The summed E-state index contributed by atoms with van der Waals surface area (Å²) in [6, 6.07) is 0. The first-order valence-corrected chi connectivity index (χ1v) is 8.95. The number of unbranched alkanes of at least 4 members (excludes halogenated alkanes) is 4. The van der Waals surface area contributed by atoms with Gasteiger partial charge < -0.3 is 22.4 Å². The number of hydrogen-bond donors (Lipinski definition) is 4. The third-order valence-corrected chi connectivity index (χ3v) is 4.18. The monoisotopic (exact) mass is 364 g/mol. The minimum Gasteiger partial charge on any atom is -1.00 e. The normalized spacial score (nSPS) is 11.2. The molecule has 0 spiro atoms. The van der Waals surface area contributed by atoms with Crippen molar-refractivity contribution in [2.45, 2.75) is 44.9 Å². The van der Waals surface area contributed by atoms with Crippen molar-refractivity contribution in [3.05, 3.63) is 0 Å². The first kappa shape index (κ1) is 27.5. The molecule has 0 aliphatic carbocycles. The Morgan fingerprint density at radius 3 is 1.14 bits per heavy atom. The van der Waals surface area contributed by atoms with Crippen LogP contribution in [0.4, 0.5) is 0 Å². The van der Waals surface area contributed by atoms with Gasteiger partial charge in [0.2, 0.25) is 11.0 Å². The molecule has 0 saturated heterocycles. The molecule has 0 bridgehead atoms. The summed E-state index contributed by atoms with van der Waals surface area (Å²) in [5.41, 5.74) is -2.16. The molecular formula is C9H20Na2O8P2. The van der Waals surface area contributed by atoms with Gasteiger partial charge in [0.1, 0.15) is 0 Å². The minimum atomic E-state index is -4.62. The zero-order chi connectivity index (χ0) is 15.1. The van der Waals surface area contributed by atoms with Crippen molar-refractivity contribution in [3.8, 4) is 0 Å². The zero-order valence-corrected chi connectivity index (χ0v) is 18.1. The summed E-state index contributed by atoms with van der Waals surface area (Å²) < 4.78 is 21.0. The van der Waals surface area contributed by atoms with E-state index in [-0.39, 0.29) is 74.8 Å². The van der Waals surface area contributed by atoms with E-state index in [0.29, 0.717) is 32.1 Å². The molecule has 0 atom stereocenters. The van der Waals surface area contributed by atoms with Crippen LogP contribution in [-0.2, 0) is 18.7 Å². The van der Waals surface area contributed by atoms with Crippen LogP contribution in [0.1, 0.15) is 47.8 Å². The largest absolute Gasteiger partial charge is 1.00 e. The molecule has 0 heterocycles. The molecule has 21 heavy (non-hydrogen) atoms. The van der Waals surface area contributed by atoms with Crippen molar-refractivity contribution >= 4 is 26.2 Å². The number of carbonyl (C=O) groups excluding carboxylic acids is 2. The molecule has 0 radical (unpaired) electrons. The van der Waals surface area contributed by atoms with Crippen LogP contribution >= 0.6 is 15.2 Å². The van der Waals surface area contributed by atoms with Gasteiger partial charge in [-0.2, -0.15) is 0 Å². The molecule has 0 aromatic carbocycles. The quantitative estimate of drug-likeness (QED) is 0.172. The van der Waals surface area contributed by atoms with Gasteiger partial charge in [0.25, 0.3) is 0 Å². The van der Waals surface area contributed by atoms with Crippen molar-refractivity contribution < 1.29 is 100 Å². The van der Waals surface area contributed by atoms with Gasteiger partial charge in [0.05, 0.1) is 0 Å². The Morgan fingerprint density at radius 1 is 0.667 bits per heavy atom. The predicted octanol–water partition coefficient (Wildman–Crippen LogP) is -4.64. The zero-order valence-electron chi connectivity index (χ0n) is 14.3. The van der Waals surface area contributed by atoms with Gasteiger partial charge >= 0.3 is 74.3 Å². The summed E-state index contributed by atoms with van der Waals surface area (Å²) in [6.07, 6.45) is 2.07. The molecule has 0 aromatic rings. The summed E-state index contributed by atoms with van der Waals surface area (Å²) in [7, 11) is -9.24. The predicted molar refractivity (Wildman–Crippen MR) is 68.6 cm³/mol. The van der Waals surface area contributed by atoms with Crippen molar-refractivity contribution in [2.75, 3.05) is 0 Å². The SMILES string of the molecule is O=C(CCCCCCCC(=O)P(=O)(O)O)P(=O)(O)O.[H-].[H-].[Na+].[Na+]. The van der Waals surface area contributed by atoms with Crippen LogP contribution < -0.4 is 59.1 Å². The number of hydrogen-bond acceptors (Lipinski definition) is 4. The second-order valence-corrected chi connectivity index (χ2v) is 7.32. The van der Waals surface area contributed by atoms with Gasteiger partial charge in [-0.3, -0.25) is 18.7 Å². The topological polar surface area (TPSA) is 149 Å². The Hall–Kier alpha value is 1.64. The first-order valence-electron chi connectivity index (χ1n) is 5.73. The number of rotatable bonds is 10. The Balaban J connectivity index is -0.000000270. The number of carbonyl (C=O) groups is 2. The fraction of sp³-hybridized carbons (Fsp3) is 0.778. The maximum atomic E-state index is 10.9. The van der Waals surface area contributed by atoms with Gasteiger partial charge in [0.15, 0.2) is 0 Å². The molecule has 116 valence electrons. The average molecular weight is 364 g/mol. The molecule has 0 aromatic heterocycles. The molecule has 0 saturated carbocycles. The van der Waals surface area contributed by atoms with Crippen molar-refractivity contribution in [1.29, 1.82) is 0 Å². The van der Waals surface area contributed by atoms with Crippen LogP contribution in [0, 0.1) is 0 Å². The molecule has 0 amide bonds. The van der Waals surface area contributed by atoms with Gasteiger partial charge in [-0.05, 0) is 12.8 Å². The van der Waals surface area contributed by atoms with Gasteiger partial charge in [-0.15, -0.1) is 0 Å². The molecule has 4 N–H and O–H groups in total. The molecule has 0 aliphatic heterocycles. The summed E-state index contributed by atoms with van der Waals surface area (Å²) >= 11 is 0. The molecule has 0 fully saturated rings. The van der Waals surface area contributed by atoms with Gasteiger partial charge in [-0.1, -0.05) is 19.3 Å². The summed E-state index contributed by atoms with van der Waals surface area (Å²) in [6.45, 7) is 0. The maximum absolute atomic E-state index is 10.9. The molecule has 0 aliphatic rings. The Bertz CT molecular complexity index is 388. The van der Waals surface area contributed by atoms with Crippen LogP contribution in [0.2, 0.25) is 0 Å². The molecular weight excluding hydrogens is 344 g/mol. The second kappa shape index (κ2) is 13.0. The third kappa shape index (κ3) is 14.9. The van der Waals surface area contributed by atoms with E-state index in [0.717, 1.165) is 0 Å². The Kier molecular flexibility index (Phi) is 17.0. The molecule has 0 unspecified atom stereocenters. The van der Waals surface area contributed by atoms with Gasteiger partial charge in [-0.25, -0.2) is 0 Å². The summed E-state index contributed by atoms with van der Waals surface area (Å²) in [5, 5.41) is 0. The summed E-state index contributed by atoms with van der Waals surface area (Å²) in [4.78, 5) is 55.8. The van der Waals surface area contributed by atoms with Crippen LogP contribution in [-0.4, -0.2) is 30.6 Å². The van der Waals surface area contributed by atoms with Crippen LogP contribution in [0.3, 0.4) is 0 Å². The van der Waals surface area contributed by atoms with E-state index in [1.807, 2.05) is 0 Å². The van der Waals surface area contributed by atoms with Crippen molar-refractivity contribution in [3.63, 3.8) is 0 Å². The minimum absolute atomic E-state index is 0. The molecule has 0 rings (SSSR count). The summed E-state index contributed by atoms with van der Waals surface area (Å²) in [5.74, 6) is 0. The van der Waals surface area contributed by atoms with E-state index < -0.39 is 26.2 Å². The van der Waals surface area contributed by atoms with Gasteiger partial charge in [0, 0.05) is 12.8 Å². The molecule has 8 nitrogen and oxygen atoms in total. The fourth-order valence-corrected chi connectivity index (χ4v) is 2.27. The fourth-order valence-electron chi connectivity index (χ4n) is 1.37. The third-order valence-electron chi connectivity index (χ3n) is 2.43. The molecule has 12 heteroatoms. The maximum Gasteiger partial charge on any atom is 1.00 e. The van der Waals surface area contributed by atoms with Crippen LogP contribution in [0.15, 0.2) is 0 Å². The van der Waals surface area contributed by atoms with E-state index in [9.17, 15) is 18.7 Å². The van der Waals surface area contributed by atoms with E-state index >= 15 is 0 Å².